The minimum Gasteiger partial charge on any atom is -0.507 e. The number of phenolic OH excluding ortho intramolecular Hbond substituents is 1. The van der Waals surface area contributed by atoms with E-state index in [0.717, 1.165) is 56.0 Å². The van der Waals surface area contributed by atoms with Crippen LogP contribution >= 0.6 is 36.4 Å². The number of hydrogen-bond donors (Lipinski definition) is 2. The van der Waals surface area contributed by atoms with Gasteiger partial charge in [-0.15, -0.1) is 24.8 Å². The Morgan fingerprint density at radius 2 is 1.44 bits per heavy atom. The van der Waals surface area contributed by atoms with E-state index in [4.69, 9.17) is 11.6 Å². The number of nitrogens with zero attached hydrogens (tertiary/aromatic N) is 2. The molecule has 0 aliphatic carbocycles. The second-order valence-corrected chi connectivity index (χ2v) is 8.86. The Morgan fingerprint density at radius 3 is 1.94 bits per heavy atom. The van der Waals surface area contributed by atoms with Gasteiger partial charge in [0.25, 0.3) is 5.91 Å². The fraction of sp³-hybridized carbons (Fsp3) is 0.458. The molecule has 0 radical (unpaired) electrons. The molecule has 176 valence electrons. The number of carbonyl (C=O) groups is 1. The summed E-state index contributed by atoms with van der Waals surface area (Å²) in [5, 5.41) is 14.5. The summed E-state index contributed by atoms with van der Waals surface area (Å²) in [6.07, 6.45) is 4.88. The Bertz CT molecular complexity index is 859. The first kappa shape index (κ1) is 26.7. The van der Waals surface area contributed by atoms with Crippen molar-refractivity contribution < 1.29 is 9.90 Å². The van der Waals surface area contributed by atoms with Gasteiger partial charge in [-0.25, -0.2) is 0 Å². The highest BCUT2D eigenvalue weighted by Crippen LogP contribution is 2.29. The van der Waals surface area contributed by atoms with E-state index in [9.17, 15) is 9.90 Å². The predicted molar refractivity (Wildman–Crippen MR) is 134 cm³/mol. The lowest BCUT2D eigenvalue weighted by Crippen LogP contribution is -2.24. The van der Waals surface area contributed by atoms with Crippen LogP contribution in [0.25, 0.3) is 0 Å². The fourth-order valence-corrected chi connectivity index (χ4v) is 4.64. The standard InChI is InChI=1S/C24H30ClN3O2.2ClH/c25-22-7-5-6-19(14-22)24(30)26-15-18-12-20(16-27-8-1-2-9-27)23(29)21(13-18)17-28-10-3-4-11-28;;/h5-7,12-14,29H,1-4,8-11,15-17H2,(H,26,30);2*1H. The van der Waals surface area contributed by atoms with E-state index < -0.39 is 0 Å². The SMILES string of the molecule is Cl.Cl.O=C(NCc1cc(CN2CCCC2)c(O)c(CN2CCCC2)c1)c1cccc(Cl)c1. The third-order valence-electron chi connectivity index (χ3n) is 6.05. The van der Waals surface area contributed by atoms with Crippen LogP contribution in [0.5, 0.6) is 5.75 Å². The quantitative estimate of drug-likeness (QED) is 0.561. The summed E-state index contributed by atoms with van der Waals surface area (Å²) in [4.78, 5) is 17.3. The zero-order valence-electron chi connectivity index (χ0n) is 18.2. The third kappa shape index (κ3) is 7.00. The number of phenols is 1. The predicted octanol–water partition coefficient (Wildman–Crippen LogP) is 5.01. The van der Waals surface area contributed by atoms with E-state index in [-0.39, 0.29) is 30.7 Å². The maximum absolute atomic E-state index is 12.5. The van der Waals surface area contributed by atoms with Crippen molar-refractivity contribution >= 4 is 42.3 Å². The molecule has 2 N–H and O–H groups in total. The second-order valence-electron chi connectivity index (χ2n) is 8.42. The van der Waals surface area contributed by atoms with E-state index in [1.165, 1.54) is 25.7 Å². The van der Waals surface area contributed by atoms with Crippen molar-refractivity contribution in [2.24, 2.45) is 0 Å². The van der Waals surface area contributed by atoms with Crippen molar-refractivity contribution in [3.63, 3.8) is 0 Å². The topological polar surface area (TPSA) is 55.8 Å². The Hall–Kier alpha value is -1.50. The van der Waals surface area contributed by atoms with Gasteiger partial charge in [-0.2, -0.15) is 0 Å². The number of nitrogens with one attached hydrogen (secondary N) is 1. The Labute approximate surface area is 207 Å². The monoisotopic (exact) mass is 499 g/mol. The van der Waals surface area contributed by atoms with Gasteiger partial charge in [0.05, 0.1) is 0 Å². The molecule has 32 heavy (non-hydrogen) atoms. The average Bonchev–Trinajstić information content (AvgIpc) is 3.43. The van der Waals surface area contributed by atoms with Gasteiger partial charge in [0, 0.05) is 41.3 Å². The minimum atomic E-state index is -0.146. The molecule has 0 atom stereocenters. The Kier molecular flexibility index (Phi) is 10.6. The largest absolute Gasteiger partial charge is 0.507 e. The fourth-order valence-electron chi connectivity index (χ4n) is 4.45. The Morgan fingerprint density at radius 1 is 0.906 bits per heavy atom. The molecule has 4 rings (SSSR count). The number of aromatic hydroxyl groups is 1. The zero-order valence-corrected chi connectivity index (χ0v) is 20.6. The van der Waals surface area contributed by atoms with Crippen LogP contribution < -0.4 is 5.32 Å². The second kappa shape index (κ2) is 12.7. The first-order valence-electron chi connectivity index (χ1n) is 10.9. The van der Waals surface area contributed by atoms with E-state index in [1.807, 2.05) is 12.1 Å². The molecule has 1 amide bonds. The zero-order chi connectivity index (χ0) is 20.9. The van der Waals surface area contributed by atoms with Crippen molar-refractivity contribution in [1.82, 2.24) is 15.1 Å². The minimum absolute atomic E-state index is 0. The van der Waals surface area contributed by atoms with Crippen molar-refractivity contribution in [2.75, 3.05) is 26.2 Å². The van der Waals surface area contributed by atoms with Gasteiger partial charge in [-0.1, -0.05) is 17.7 Å². The molecule has 0 bridgehead atoms. The van der Waals surface area contributed by atoms with Gasteiger partial charge in [-0.05, 0) is 87.8 Å². The molecular weight excluding hydrogens is 469 g/mol. The molecule has 0 spiro atoms. The number of likely N-dealkylation sites (tertiary alicyclic amines) is 2. The number of hydrogen-bond acceptors (Lipinski definition) is 4. The van der Waals surface area contributed by atoms with Crippen LogP contribution in [-0.2, 0) is 19.6 Å². The van der Waals surface area contributed by atoms with E-state index in [0.29, 0.717) is 22.9 Å². The van der Waals surface area contributed by atoms with Gasteiger partial charge >= 0.3 is 0 Å². The summed E-state index contributed by atoms with van der Waals surface area (Å²) in [6.45, 7) is 6.26. The Balaban J connectivity index is 0.00000181. The molecule has 2 heterocycles. The molecular formula is C24H32Cl3N3O2. The average molecular weight is 501 g/mol. The van der Waals surface area contributed by atoms with Crippen molar-refractivity contribution in [2.45, 2.75) is 45.3 Å². The summed E-state index contributed by atoms with van der Waals surface area (Å²) in [6, 6.07) is 11.0. The highest BCUT2D eigenvalue weighted by atomic mass is 35.5. The van der Waals surface area contributed by atoms with Crippen molar-refractivity contribution in [3.8, 4) is 5.75 Å². The molecule has 2 aromatic rings. The van der Waals surface area contributed by atoms with Gasteiger partial charge in [0.2, 0.25) is 0 Å². The number of amides is 1. The summed E-state index contributed by atoms with van der Waals surface area (Å²) in [7, 11) is 0. The molecule has 0 aromatic heterocycles. The van der Waals surface area contributed by atoms with Gasteiger partial charge in [-0.3, -0.25) is 14.6 Å². The number of benzene rings is 2. The first-order valence-corrected chi connectivity index (χ1v) is 11.3. The summed E-state index contributed by atoms with van der Waals surface area (Å²) >= 11 is 6.01. The van der Waals surface area contributed by atoms with Crippen LogP contribution in [0.1, 0.15) is 52.7 Å². The van der Waals surface area contributed by atoms with Crippen molar-refractivity contribution in [3.05, 3.63) is 63.7 Å². The molecule has 5 nitrogen and oxygen atoms in total. The number of carbonyl (C=O) groups excluding carboxylic acids is 1. The molecule has 2 aliphatic heterocycles. The number of halogens is 3. The van der Waals surface area contributed by atoms with Crippen LogP contribution in [0, 0.1) is 0 Å². The molecule has 2 aliphatic rings. The van der Waals surface area contributed by atoms with Crippen LogP contribution in [0.2, 0.25) is 5.02 Å². The third-order valence-corrected chi connectivity index (χ3v) is 6.29. The molecule has 2 saturated heterocycles. The molecule has 8 heteroatoms. The van der Waals surface area contributed by atoms with Crippen LogP contribution in [-0.4, -0.2) is 47.0 Å². The molecule has 0 unspecified atom stereocenters. The summed E-state index contributed by atoms with van der Waals surface area (Å²) < 4.78 is 0. The lowest BCUT2D eigenvalue weighted by molar-refractivity contribution is 0.0951. The molecule has 2 fully saturated rings. The summed E-state index contributed by atoms with van der Waals surface area (Å²) in [5.41, 5.74) is 3.49. The maximum Gasteiger partial charge on any atom is 0.251 e. The van der Waals surface area contributed by atoms with Gasteiger partial charge < -0.3 is 10.4 Å². The lowest BCUT2D eigenvalue weighted by Gasteiger charge is -2.21. The normalized spacial score (nSPS) is 16.4. The van der Waals surface area contributed by atoms with Crippen LogP contribution in [0.3, 0.4) is 0 Å². The lowest BCUT2D eigenvalue weighted by atomic mass is 10.0. The van der Waals surface area contributed by atoms with Crippen LogP contribution in [0.4, 0.5) is 0 Å². The highest BCUT2D eigenvalue weighted by Gasteiger charge is 2.19. The van der Waals surface area contributed by atoms with Crippen LogP contribution in [0.15, 0.2) is 36.4 Å². The maximum atomic E-state index is 12.5. The van der Waals surface area contributed by atoms with Crippen molar-refractivity contribution in [1.29, 1.82) is 0 Å². The van der Waals surface area contributed by atoms with E-state index in [1.54, 1.807) is 24.3 Å². The van der Waals surface area contributed by atoms with E-state index >= 15 is 0 Å². The smallest absolute Gasteiger partial charge is 0.251 e. The first-order chi connectivity index (χ1) is 14.6. The van der Waals surface area contributed by atoms with Gasteiger partial charge in [0.1, 0.15) is 5.75 Å². The van der Waals surface area contributed by atoms with Gasteiger partial charge in [0.15, 0.2) is 0 Å². The summed E-state index contributed by atoms with van der Waals surface area (Å²) in [5.74, 6) is 0.270. The van der Waals surface area contributed by atoms with E-state index in [2.05, 4.69) is 15.1 Å². The number of rotatable bonds is 7. The highest BCUT2D eigenvalue weighted by molar-refractivity contribution is 6.30. The molecule has 2 aromatic carbocycles. The molecule has 0 saturated carbocycles.